The van der Waals surface area contributed by atoms with E-state index in [0.29, 0.717) is 6.54 Å². The quantitative estimate of drug-likeness (QED) is 0.448. The third kappa shape index (κ3) is 4.37. The molecule has 0 unspecified atom stereocenters. The molecule has 136 valence electrons. The van der Waals surface area contributed by atoms with Gasteiger partial charge in [0.15, 0.2) is 11.8 Å². The molecule has 0 radical (unpaired) electrons. The van der Waals surface area contributed by atoms with Crippen LogP contribution in [0.2, 0.25) is 0 Å². The van der Waals surface area contributed by atoms with Crippen molar-refractivity contribution in [2.75, 3.05) is 13.1 Å². The van der Waals surface area contributed by atoms with Crippen molar-refractivity contribution in [3.05, 3.63) is 29.1 Å². The first kappa shape index (κ1) is 17.4. The van der Waals surface area contributed by atoms with Gasteiger partial charge in [-0.25, -0.2) is 4.99 Å². The average molecular weight is 344 g/mol. The standard InChI is InChI=1S/C17H28N8/c1-4-18-17(19-8-6-10-25-14(3)11-13(2)23-25)20-12-16-22-21-15-7-5-9-24(15)16/h11H,4-10,12H2,1-3H3,(H2,18,19,20). The maximum absolute atomic E-state index is 4.65. The molecule has 3 rings (SSSR count). The molecule has 25 heavy (non-hydrogen) atoms. The molecule has 0 saturated carbocycles. The van der Waals surface area contributed by atoms with Crippen molar-refractivity contribution < 1.29 is 0 Å². The van der Waals surface area contributed by atoms with Crippen LogP contribution in [0.1, 0.15) is 42.8 Å². The first-order valence-electron chi connectivity index (χ1n) is 9.11. The predicted molar refractivity (Wildman–Crippen MR) is 97.5 cm³/mol. The summed E-state index contributed by atoms with van der Waals surface area (Å²) in [5, 5.41) is 19.7. The normalized spacial score (nSPS) is 14.0. The van der Waals surface area contributed by atoms with Crippen molar-refractivity contribution in [2.45, 2.75) is 59.7 Å². The molecule has 2 aromatic rings. The zero-order chi connectivity index (χ0) is 17.6. The van der Waals surface area contributed by atoms with Crippen LogP contribution < -0.4 is 10.6 Å². The highest BCUT2D eigenvalue weighted by molar-refractivity contribution is 5.79. The number of fused-ring (bicyclic) bond motifs is 1. The number of rotatable bonds is 7. The summed E-state index contributed by atoms with van der Waals surface area (Å²) in [6.07, 6.45) is 3.18. The first-order chi connectivity index (χ1) is 12.2. The number of aryl methyl sites for hydroxylation is 4. The van der Waals surface area contributed by atoms with Crippen LogP contribution >= 0.6 is 0 Å². The molecule has 2 aromatic heterocycles. The van der Waals surface area contributed by atoms with E-state index >= 15 is 0 Å². The van der Waals surface area contributed by atoms with Crippen molar-refractivity contribution in [1.82, 2.24) is 35.2 Å². The molecule has 0 aromatic carbocycles. The van der Waals surface area contributed by atoms with E-state index in [1.807, 2.05) is 6.92 Å². The molecule has 0 aliphatic carbocycles. The molecular weight excluding hydrogens is 316 g/mol. The summed E-state index contributed by atoms with van der Waals surface area (Å²) in [5.41, 5.74) is 2.28. The van der Waals surface area contributed by atoms with Crippen molar-refractivity contribution >= 4 is 5.96 Å². The van der Waals surface area contributed by atoms with Gasteiger partial charge < -0.3 is 15.2 Å². The van der Waals surface area contributed by atoms with Crippen LogP contribution in [-0.4, -0.2) is 43.6 Å². The second kappa shape index (κ2) is 8.13. The van der Waals surface area contributed by atoms with Crippen LogP contribution in [0, 0.1) is 13.8 Å². The lowest BCUT2D eigenvalue weighted by Crippen LogP contribution is -2.38. The fraction of sp³-hybridized carbons (Fsp3) is 0.647. The van der Waals surface area contributed by atoms with Gasteiger partial charge in [-0.05, 0) is 39.7 Å². The SMILES string of the molecule is CCNC(=NCc1nnc2n1CCC2)NCCCn1nc(C)cc1C. The van der Waals surface area contributed by atoms with Gasteiger partial charge in [-0.3, -0.25) is 4.68 Å². The van der Waals surface area contributed by atoms with Gasteiger partial charge in [0.25, 0.3) is 0 Å². The highest BCUT2D eigenvalue weighted by atomic mass is 15.3. The van der Waals surface area contributed by atoms with Crippen LogP contribution in [0.25, 0.3) is 0 Å². The lowest BCUT2D eigenvalue weighted by molar-refractivity contribution is 0.555. The van der Waals surface area contributed by atoms with Gasteiger partial charge in [-0.2, -0.15) is 5.10 Å². The molecule has 0 atom stereocenters. The number of aliphatic imine (C=N–C) groups is 1. The average Bonchev–Trinajstić information content (AvgIpc) is 3.26. The number of nitrogens with zero attached hydrogens (tertiary/aromatic N) is 6. The number of aromatic nitrogens is 5. The lowest BCUT2D eigenvalue weighted by atomic mass is 10.4. The molecule has 1 aliphatic rings. The maximum Gasteiger partial charge on any atom is 0.191 e. The van der Waals surface area contributed by atoms with Crippen LogP contribution in [0.15, 0.2) is 11.1 Å². The highest BCUT2D eigenvalue weighted by Gasteiger charge is 2.16. The summed E-state index contributed by atoms with van der Waals surface area (Å²) >= 11 is 0. The second-order valence-electron chi connectivity index (χ2n) is 6.41. The van der Waals surface area contributed by atoms with E-state index < -0.39 is 0 Å². The van der Waals surface area contributed by atoms with E-state index in [4.69, 9.17) is 0 Å². The minimum Gasteiger partial charge on any atom is -0.357 e. The smallest absolute Gasteiger partial charge is 0.191 e. The highest BCUT2D eigenvalue weighted by Crippen LogP contribution is 2.14. The lowest BCUT2D eigenvalue weighted by Gasteiger charge is -2.11. The Labute approximate surface area is 148 Å². The Balaban J connectivity index is 1.49. The van der Waals surface area contributed by atoms with Crippen molar-refractivity contribution in [1.29, 1.82) is 0 Å². The van der Waals surface area contributed by atoms with E-state index in [0.717, 1.165) is 68.7 Å². The monoisotopic (exact) mass is 344 g/mol. The van der Waals surface area contributed by atoms with Crippen molar-refractivity contribution in [3.8, 4) is 0 Å². The summed E-state index contributed by atoms with van der Waals surface area (Å²) < 4.78 is 4.25. The Bertz CT molecular complexity index is 727. The van der Waals surface area contributed by atoms with Crippen LogP contribution in [0.4, 0.5) is 0 Å². The molecule has 0 amide bonds. The Morgan fingerprint density at radius 1 is 1.28 bits per heavy atom. The third-order valence-electron chi connectivity index (χ3n) is 4.35. The number of hydrogen-bond donors (Lipinski definition) is 2. The molecule has 8 nitrogen and oxygen atoms in total. The molecule has 0 spiro atoms. The number of guanidine groups is 1. The van der Waals surface area contributed by atoms with E-state index in [-0.39, 0.29) is 0 Å². The van der Waals surface area contributed by atoms with Gasteiger partial charge in [-0.15, -0.1) is 10.2 Å². The fourth-order valence-electron chi connectivity index (χ4n) is 3.16. The first-order valence-corrected chi connectivity index (χ1v) is 9.11. The van der Waals surface area contributed by atoms with Gasteiger partial charge in [0.05, 0.1) is 5.69 Å². The Morgan fingerprint density at radius 2 is 2.16 bits per heavy atom. The van der Waals surface area contributed by atoms with Crippen molar-refractivity contribution in [2.24, 2.45) is 4.99 Å². The molecule has 8 heteroatoms. The Hall–Kier alpha value is -2.38. The minimum atomic E-state index is 0.555. The van der Waals surface area contributed by atoms with Gasteiger partial charge in [0.2, 0.25) is 0 Å². The minimum absolute atomic E-state index is 0.555. The van der Waals surface area contributed by atoms with Crippen LogP contribution in [0.3, 0.4) is 0 Å². The summed E-state index contributed by atoms with van der Waals surface area (Å²) in [6, 6.07) is 2.11. The molecule has 2 N–H and O–H groups in total. The second-order valence-corrected chi connectivity index (χ2v) is 6.41. The molecule has 1 aliphatic heterocycles. The Morgan fingerprint density at radius 3 is 2.92 bits per heavy atom. The van der Waals surface area contributed by atoms with Crippen molar-refractivity contribution in [3.63, 3.8) is 0 Å². The van der Waals surface area contributed by atoms with Crippen LogP contribution in [-0.2, 0) is 26.1 Å². The molecule has 0 bridgehead atoms. The number of nitrogens with one attached hydrogen (secondary N) is 2. The summed E-state index contributed by atoms with van der Waals surface area (Å²) in [7, 11) is 0. The zero-order valence-corrected chi connectivity index (χ0v) is 15.4. The van der Waals surface area contributed by atoms with E-state index in [2.05, 4.69) is 60.1 Å². The predicted octanol–water partition coefficient (Wildman–Crippen LogP) is 1.18. The largest absolute Gasteiger partial charge is 0.357 e. The van der Waals surface area contributed by atoms with Crippen LogP contribution in [0.5, 0.6) is 0 Å². The molecular formula is C17H28N8. The maximum atomic E-state index is 4.65. The van der Waals surface area contributed by atoms with E-state index in [1.165, 1.54) is 5.69 Å². The summed E-state index contributed by atoms with van der Waals surface area (Å²) in [6.45, 7) is 10.4. The fourth-order valence-corrected chi connectivity index (χ4v) is 3.16. The molecule has 0 fully saturated rings. The summed E-state index contributed by atoms with van der Waals surface area (Å²) in [4.78, 5) is 4.65. The topological polar surface area (TPSA) is 85.0 Å². The zero-order valence-electron chi connectivity index (χ0n) is 15.4. The number of hydrogen-bond acceptors (Lipinski definition) is 4. The van der Waals surface area contributed by atoms with E-state index in [1.54, 1.807) is 0 Å². The van der Waals surface area contributed by atoms with Gasteiger partial charge in [0, 0.05) is 38.3 Å². The van der Waals surface area contributed by atoms with Gasteiger partial charge >= 0.3 is 0 Å². The van der Waals surface area contributed by atoms with Gasteiger partial charge in [0.1, 0.15) is 12.4 Å². The summed E-state index contributed by atoms with van der Waals surface area (Å²) in [5.74, 6) is 2.87. The Kier molecular flexibility index (Phi) is 5.67. The molecule has 0 saturated heterocycles. The molecule has 3 heterocycles. The third-order valence-corrected chi connectivity index (χ3v) is 4.35. The van der Waals surface area contributed by atoms with Gasteiger partial charge in [-0.1, -0.05) is 0 Å². The van der Waals surface area contributed by atoms with E-state index in [9.17, 15) is 0 Å².